The minimum Gasteiger partial charge on any atom is -0.267 e. The highest BCUT2D eigenvalue weighted by Crippen LogP contribution is 2.45. The second kappa shape index (κ2) is 9.46. The summed E-state index contributed by atoms with van der Waals surface area (Å²) in [6.07, 6.45) is 5.14. The van der Waals surface area contributed by atoms with Gasteiger partial charge >= 0.3 is 0 Å². The zero-order valence-electron chi connectivity index (χ0n) is 17.7. The molecule has 3 aromatic rings. The lowest BCUT2D eigenvalue weighted by molar-refractivity contribution is 0.0681. The highest BCUT2D eigenvalue weighted by Gasteiger charge is 2.43. The summed E-state index contributed by atoms with van der Waals surface area (Å²) in [5.74, 6) is 0.0352. The molecule has 1 saturated carbocycles. The van der Waals surface area contributed by atoms with Gasteiger partial charge in [0.2, 0.25) is 0 Å². The Morgan fingerprint density at radius 2 is 1.58 bits per heavy atom. The Morgan fingerprint density at radius 3 is 2.24 bits per heavy atom. The van der Waals surface area contributed by atoms with E-state index in [1.807, 2.05) is 72.8 Å². The Balaban J connectivity index is 1.57. The molecular weight excluding hydrogens is 519 g/mol. The van der Waals surface area contributed by atoms with Crippen LogP contribution < -0.4 is 0 Å². The van der Waals surface area contributed by atoms with Crippen molar-refractivity contribution in [1.82, 2.24) is 5.01 Å². The van der Waals surface area contributed by atoms with E-state index < -0.39 is 0 Å². The Kier molecular flexibility index (Phi) is 6.42. The van der Waals surface area contributed by atoms with E-state index in [9.17, 15) is 4.79 Å². The fraction of sp³-hybridized carbons (Fsp3) is 0.185. The molecule has 1 heterocycles. The summed E-state index contributed by atoms with van der Waals surface area (Å²) in [6, 6.07) is 22.8. The predicted octanol–water partition coefficient (Wildman–Crippen LogP) is 8.19. The topological polar surface area (TPSA) is 32.7 Å². The molecule has 3 nitrogen and oxygen atoms in total. The molecule has 3 aromatic carbocycles. The fourth-order valence-corrected chi connectivity index (χ4v) is 5.16. The molecule has 6 heteroatoms. The second-order valence-electron chi connectivity index (χ2n) is 8.36. The monoisotopic (exact) mass is 538 g/mol. The van der Waals surface area contributed by atoms with Crippen molar-refractivity contribution in [3.63, 3.8) is 0 Å². The zero-order chi connectivity index (χ0) is 22.9. The van der Waals surface area contributed by atoms with Crippen molar-refractivity contribution < 1.29 is 4.79 Å². The molecule has 0 bridgehead atoms. The number of carbonyl (C=O) groups is 1. The van der Waals surface area contributed by atoms with Crippen LogP contribution >= 0.6 is 39.1 Å². The number of hydrogen-bond donors (Lipinski definition) is 0. The maximum atomic E-state index is 13.6. The molecular formula is C27H21BrCl2N2O. The van der Waals surface area contributed by atoms with E-state index in [4.69, 9.17) is 28.3 Å². The zero-order valence-corrected chi connectivity index (χ0v) is 20.8. The van der Waals surface area contributed by atoms with Crippen molar-refractivity contribution in [1.29, 1.82) is 0 Å². The molecule has 1 aliphatic carbocycles. The summed E-state index contributed by atoms with van der Waals surface area (Å²) in [5.41, 5.74) is 4.92. The molecule has 0 spiro atoms. The molecule has 1 amide bonds. The number of fused-ring (bicyclic) bond motifs is 1. The lowest BCUT2D eigenvalue weighted by Crippen LogP contribution is -2.31. The number of carbonyl (C=O) groups excluding carboxylic acids is 1. The van der Waals surface area contributed by atoms with Gasteiger partial charge in [0.25, 0.3) is 5.91 Å². The van der Waals surface area contributed by atoms with Crippen LogP contribution in [0.4, 0.5) is 0 Å². The summed E-state index contributed by atoms with van der Waals surface area (Å²) in [6.45, 7) is 0. The maximum absolute atomic E-state index is 13.6. The predicted molar refractivity (Wildman–Crippen MR) is 139 cm³/mol. The van der Waals surface area contributed by atoms with Crippen LogP contribution in [0.25, 0.3) is 6.08 Å². The first-order chi connectivity index (χ1) is 16.0. The van der Waals surface area contributed by atoms with Crippen LogP contribution in [-0.2, 0) is 0 Å². The van der Waals surface area contributed by atoms with E-state index >= 15 is 0 Å². The number of hydrazone groups is 1. The van der Waals surface area contributed by atoms with E-state index in [1.54, 1.807) is 5.01 Å². The number of hydrogen-bond acceptors (Lipinski definition) is 2. The van der Waals surface area contributed by atoms with Crippen molar-refractivity contribution >= 4 is 56.8 Å². The Labute approximate surface area is 211 Å². The van der Waals surface area contributed by atoms with Crippen molar-refractivity contribution in [2.24, 2.45) is 11.0 Å². The maximum Gasteiger partial charge on any atom is 0.274 e. The van der Waals surface area contributed by atoms with Crippen LogP contribution in [0.2, 0.25) is 10.0 Å². The number of nitrogens with zero attached hydrogens (tertiary/aromatic N) is 2. The van der Waals surface area contributed by atoms with Gasteiger partial charge in [0, 0.05) is 26.0 Å². The highest BCUT2D eigenvalue weighted by molar-refractivity contribution is 9.10. The summed E-state index contributed by atoms with van der Waals surface area (Å²) >= 11 is 15.7. The first kappa shape index (κ1) is 22.4. The lowest BCUT2D eigenvalue weighted by atomic mass is 9.77. The van der Waals surface area contributed by atoms with Crippen molar-refractivity contribution in [3.05, 3.63) is 110 Å². The molecule has 5 rings (SSSR count). The van der Waals surface area contributed by atoms with Gasteiger partial charge < -0.3 is 0 Å². The number of halogens is 3. The summed E-state index contributed by atoms with van der Waals surface area (Å²) in [4.78, 5) is 13.6. The third-order valence-electron chi connectivity index (χ3n) is 6.22. The van der Waals surface area contributed by atoms with Gasteiger partial charge in [-0.15, -0.1) is 0 Å². The van der Waals surface area contributed by atoms with Gasteiger partial charge in [-0.1, -0.05) is 63.4 Å². The van der Waals surface area contributed by atoms with Crippen LogP contribution in [-0.4, -0.2) is 16.6 Å². The van der Waals surface area contributed by atoms with Crippen LogP contribution in [0.5, 0.6) is 0 Å². The van der Waals surface area contributed by atoms with E-state index in [0.717, 1.165) is 40.6 Å². The molecule has 0 aromatic heterocycles. The van der Waals surface area contributed by atoms with Crippen molar-refractivity contribution in [2.75, 3.05) is 0 Å². The third kappa shape index (κ3) is 4.65. The number of benzene rings is 3. The van der Waals surface area contributed by atoms with Gasteiger partial charge in [0.1, 0.15) is 0 Å². The minimum absolute atomic E-state index is 0.102. The number of allylic oxidation sites excluding steroid dienone is 1. The van der Waals surface area contributed by atoms with Gasteiger partial charge in [0.05, 0.1) is 11.8 Å². The van der Waals surface area contributed by atoms with E-state index in [2.05, 4.69) is 22.0 Å². The van der Waals surface area contributed by atoms with Crippen LogP contribution in [0.3, 0.4) is 0 Å². The normalized spacial score (nSPS) is 21.1. The molecule has 0 unspecified atom stereocenters. The van der Waals surface area contributed by atoms with Crippen molar-refractivity contribution in [3.8, 4) is 0 Å². The minimum atomic E-state index is -0.165. The Morgan fingerprint density at radius 1 is 0.939 bits per heavy atom. The number of amides is 1. The second-order valence-corrected chi connectivity index (χ2v) is 10.1. The largest absolute Gasteiger partial charge is 0.274 e. The average molecular weight is 540 g/mol. The smallest absolute Gasteiger partial charge is 0.267 e. The number of rotatable bonds is 3. The van der Waals surface area contributed by atoms with Crippen molar-refractivity contribution in [2.45, 2.75) is 25.3 Å². The molecule has 0 N–H and O–H groups in total. The van der Waals surface area contributed by atoms with E-state index in [-0.39, 0.29) is 17.9 Å². The highest BCUT2D eigenvalue weighted by atomic mass is 79.9. The molecule has 166 valence electrons. The summed E-state index contributed by atoms with van der Waals surface area (Å²) in [7, 11) is 0. The van der Waals surface area contributed by atoms with Crippen LogP contribution in [0.1, 0.15) is 46.8 Å². The fourth-order valence-electron chi connectivity index (χ4n) is 4.65. The lowest BCUT2D eigenvalue weighted by Gasteiger charge is -2.29. The van der Waals surface area contributed by atoms with Gasteiger partial charge in [-0.2, -0.15) is 5.10 Å². The molecule has 0 radical (unpaired) electrons. The first-order valence-corrected chi connectivity index (χ1v) is 12.4. The first-order valence-electron chi connectivity index (χ1n) is 10.9. The molecule has 1 fully saturated rings. The Bertz CT molecular complexity index is 1230. The van der Waals surface area contributed by atoms with Gasteiger partial charge in [-0.05, 0) is 90.6 Å². The summed E-state index contributed by atoms with van der Waals surface area (Å²) < 4.78 is 0.933. The van der Waals surface area contributed by atoms with Gasteiger partial charge in [0.15, 0.2) is 0 Å². The molecule has 2 atom stereocenters. The van der Waals surface area contributed by atoms with Crippen LogP contribution in [0.15, 0.2) is 87.9 Å². The van der Waals surface area contributed by atoms with Gasteiger partial charge in [-0.25, -0.2) is 5.01 Å². The van der Waals surface area contributed by atoms with Crippen LogP contribution in [0, 0.1) is 5.92 Å². The van der Waals surface area contributed by atoms with Gasteiger partial charge in [-0.3, -0.25) is 4.79 Å². The third-order valence-corrected chi connectivity index (χ3v) is 7.26. The average Bonchev–Trinajstić information content (AvgIpc) is 3.22. The SMILES string of the molecule is O=C(c1ccc(Br)cc1)N1N=C2/C(=C\c3ccc(Cl)cc3)CCC[C@@H]2[C@@H]1c1ccc(Cl)cc1. The summed E-state index contributed by atoms with van der Waals surface area (Å²) in [5, 5.41) is 8.01. The Hall–Kier alpha value is -2.40. The quantitative estimate of drug-likeness (QED) is 0.330. The molecule has 0 saturated heterocycles. The molecule has 2 aliphatic rings. The van der Waals surface area contributed by atoms with E-state index in [1.165, 1.54) is 5.57 Å². The molecule has 1 aliphatic heterocycles. The van der Waals surface area contributed by atoms with E-state index in [0.29, 0.717) is 15.6 Å². The standard InChI is InChI=1S/C27H21BrCl2N2O/c28-21-10-6-19(7-11-21)27(33)32-26(18-8-14-23(30)15-9-18)24-3-1-2-20(25(24)31-32)16-17-4-12-22(29)13-5-17/h4-16,24,26H,1-3H2/b20-16-/t24-,26-/m0/s1. The molecule has 33 heavy (non-hydrogen) atoms.